The summed E-state index contributed by atoms with van der Waals surface area (Å²) in [7, 11) is 0. The zero-order valence-electron chi connectivity index (χ0n) is 11.6. The van der Waals surface area contributed by atoms with Crippen LogP contribution in [0.2, 0.25) is 0 Å². The molecule has 1 heterocycles. The Balaban J connectivity index is 1.70. The van der Waals surface area contributed by atoms with Gasteiger partial charge in [0.25, 0.3) is 0 Å². The van der Waals surface area contributed by atoms with E-state index in [0.29, 0.717) is 18.8 Å². The van der Waals surface area contributed by atoms with Crippen LogP contribution in [0.5, 0.6) is 5.75 Å². The normalized spacial score (nSPS) is 22.9. The molecule has 106 valence electrons. The summed E-state index contributed by atoms with van der Waals surface area (Å²) < 4.78 is 12.8. The Morgan fingerprint density at radius 1 is 1.37 bits per heavy atom. The summed E-state index contributed by atoms with van der Waals surface area (Å²) in [5, 5.41) is 3.42. The summed E-state index contributed by atoms with van der Waals surface area (Å²) in [6, 6.07) is 8.43. The number of hydrogen-bond acceptors (Lipinski definition) is 3. The molecule has 2 rings (SSSR count). The smallest absolute Gasteiger partial charge is 0.120 e. The van der Waals surface area contributed by atoms with Crippen molar-refractivity contribution in [3.63, 3.8) is 0 Å². The molecule has 0 aromatic heterocycles. The molecule has 0 spiro atoms. The van der Waals surface area contributed by atoms with Gasteiger partial charge in [-0.3, -0.25) is 0 Å². The molecule has 3 nitrogen and oxygen atoms in total. The van der Waals surface area contributed by atoms with E-state index in [4.69, 9.17) is 9.47 Å². The van der Waals surface area contributed by atoms with Crippen LogP contribution >= 0.6 is 15.9 Å². The Morgan fingerprint density at radius 3 is 2.89 bits per heavy atom. The lowest BCUT2D eigenvalue weighted by Crippen LogP contribution is -2.32. The molecule has 0 aliphatic carbocycles. The lowest BCUT2D eigenvalue weighted by Gasteiger charge is -2.16. The Labute approximate surface area is 123 Å². The van der Waals surface area contributed by atoms with Crippen molar-refractivity contribution in [1.82, 2.24) is 5.32 Å². The van der Waals surface area contributed by atoms with E-state index in [1.165, 1.54) is 0 Å². The number of halogens is 1. The lowest BCUT2D eigenvalue weighted by molar-refractivity contribution is 0.0178. The predicted octanol–water partition coefficient (Wildman–Crippen LogP) is 3.37. The van der Waals surface area contributed by atoms with Crippen LogP contribution < -0.4 is 10.1 Å². The molecule has 4 heteroatoms. The van der Waals surface area contributed by atoms with Gasteiger partial charge in [0.2, 0.25) is 0 Å². The number of rotatable bonds is 6. The van der Waals surface area contributed by atoms with Crippen molar-refractivity contribution in [3.8, 4) is 5.75 Å². The van der Waals surface area contributed by atoms with Crippen LogP contribution in [0, 0.1) is 0 Å². The van der Waals surface area contributed by atoms with Gasteiger partial charge in [-0.2, -0.15) is 0 Å². The molecule has 1 saturated heterocycles. The molecular formula is C15H22BrNO2. The third kappa shape index (κ3) is 5.13. The first-order valence-corrected chi connectivity index (χ1v) is 7.70. The van der Waals surface area contributed by atoms with Crippen LogP contribution in [0.4, 0.5) is 0 Å². The maximum absolute atomic E-state index is 5.96. The highest BCUT2D eigenvalue weighted by Crippen LogP contribution is 2.22. The van der Waals surface area contributed by atoms with E-state index in [9.17, 15) is 0 Å². The van der Waals surface area contributed by atoms with E-state index in [2.05, 4.69) is 35.1 Å². The molecule has 1 N–H and O–H groups in total. The average molecular weight is 328 g/mol. The zero-order valence-corrected chi connectivity index (χ0v) is 13.2. The van der Waals surface area contributed by atoms with Gasteiger partial charge in [0, 0.05) is 17.1 Å². The highest BCUT2D eigenvalue weighted by atomic mass is 79.9. The molecule has 1 fully saturated rings. The largest absolute Gasteiger partial charge is 0.491 e. The summed E-state index contributed by atoms with van der Waals surface area (Å²) in [6.07, 6.45) is 2.75. The van der Waals surface area contributed by atoms with Gasteiger partial charge in [0.15, 0.2) is 0 Å². The predicted molar refractivity (Wildman–Crippen MR) is 80.7 cm³/mol. The number of benzene rings is 1. The SMILES string of the molecule is CC(C)NCC1CCC(COc2cccc(Br)c2)O1. The van der Waals surface area contributed by atoms with E-state index >= 15 is 0 Å². The molecular weight excluding hydrogens is 306 g/mol. The summed E-state index contributed by atoms with van der Waals surface area (Å²) in [5.74, 6) is 0.890. The minimum absolute atomic E-state index is 0.220. The molecule has 2 unspecified atom stereocenters. The first-order valence-electron chi connectivity index (χ1n) is 6.90. The first kappa shape index (κ1) is 14.8. The van der Waals surface area contributed by atoms with Crippen LogP contribution in [0.1, 0.15) is 26.7 Å². The van der Waals surface area contributed by atoms with Gasteiger partial charge in [-0.25, -0.2) is 0 Å². The molecule has 1 aliphatic rings. The third-order valence-electron chi connectivity index (χ3n) is 3.18. The van der Waals surface area contributed by atoms with Gasteiger partial charge < -0.3 is 14.8 Å². The van der Waals surface area contributed by atoms with E-state index < -0.39 is 0 Å². The highest BCUT2D eigenvalue weighted by molar-refractivity contribution is 9.10. The van der Waals surface area contributed by atoms with Crippen molar-refractivity contribution >= 4 is 15.9 Å². The second kappa shape index (κ2) is 7.27. The zero-order chi connectivity index (χ0) is 13.7. The van der Waals surface area contributed by atoms with Crippen molar-refractivity contribution < 1.29 is 9.47 Å². The summed E-state index contributed by atoms with van der Waals surface area (Å²) in [4.78, 5) is 0. The minimum Gasteiger partial charge on any atom is -0.491 e. The maximum atomic E-state index is 5.96. The van der Waals surface area contributed by atoms with Crippen LogP contribution in [0.3, 0.4) is 0 Å². The molecule has 1 aromatic rings. The van der Waals surface area contributed by atoms with Crippen LogP contribution in [0.25, 0.3) is 0 Å². The molecule has 0 amide bonds. The standard InChI is InChI=1S/C15H22BrNO2/c1-11(2)17-9-14-6-7-15(19-14)10-18-13-5-3-4-12(16)8-13/h3-5,8,11,14-15,17H,6-7,9-10H2,1-2H3. The second-order valence-electron chi connectivity index (χ2n) is 5.29. The summed E-state index contributed by atoms with van der Waals surface area (Å²) in [5.41, 5.74) is 0. The van der Waals surface area contributed by atoms with Crippen molar-refractivity contribution in [3.05, 3.63) is 28.7 Å². The third-order valence-corrected chi connectivity index (χ3v) is 3.67. The Kier molecular flexibility index (Phi) is 5.67. The van der Waals surface area contributed by atoms with E-state index in [1.807, 2.05) is 24.3 Å². The van der Waals surface area contributed by atoms with Gasteiger partial charge in [-0.1, -0.05) is 35.8 Å². The van der Waals surface area contributed by atoms with Crippen LogP contribution in [-0.4, -0.2) is 31.4 Å². The molecule has 2 atom stereocenters. The minimum atomic E-state index is 0.220. The Bertz CT molecular complexity index is 397. The number of hydrogen-bond donors (Lipinski definition) is 1. The molecule has 1 aliphatic heterocycles. The van der Waals surface area contributed by atoms with E-state index in [1.54, 1.807) is 0 Å². The molecule has 0 radical (unpaired) electrons. The fraction of sp³-hybridized carbons (Fsp3) is 0.600. The van der Waals surface area contributed by atoms with Gasteiger partial charge in [0.05, 0.1) is 12.2 Å². The van der Waals surface area contributed by atoms with Crippen molar-refractivity contribution in [2.24, 2.45) is 0 Å². The Morgan fingerprint density at radius 2 is 2.16 bits per heavy atom. The van der Waals surface area contributed by atoms with Gasteiger partial charge in [-0.15, -0.1) is 0 Å². The van der Waals surface area contributed by atoms with Crippen molar-refractivity contribution in [1.29, 1.82) is 0 Å². The van der Waals surface area contributed by atoms with Crippen LogP contribution in [0.15, 0.2) is 28.7 Å². The highest BCUT2D eigenvalue weighted by Gasteiger charge is 2.25. The molecule has 19 heavy (non-hydrogen) atoms. The van der Waals surface area contributed by atoms with Gasteiger partial charge in [0.1, 0.15) is 12.4 Å². The second-order valence-corrected chi connectivity index (χ2v) is 6.20. The quantitative estimate of drug-likeness (QED) is 0.868. The maximum Gasteiger partial charge on any atom is 0.120 e. The summed E-state index contributed by atoms with van der Waals surface area (Å²) >= 11 is 3.44. The molecule has 1 aromatic carbocycles. The van der Waals surface area contributed by atoms with E-state index in [0.717, 1.165) is 29.6 Å². The first-order chi connectivity index (χ1) is 9.13. The summed E-state index contributed by atoms with van der Waals surface area (Å²) in [6.45, 7) is 5.88. The number of ether oxygens (including phenoxy) is 2. The van der Waals surface area contributed by atoms with Crippen LogP contribution in [-0.2, 0) is 4.74 Å². The van der Waals surface area contributed by atoms with Gasteiger partial charge in [-0.05, 0) is 31.0 Å². The topological polar surface area (TPSA) is 30.5 Å². The molecule has 0 saturated carbocycles. The fourth-order valence-electron chi connectivity index (χ4n) is 2.17. The van der Waals surface area contributed by atoms with Crippen molar-refractivity contribution in [2.75, 3.05) is 13.2 Å². The number of nitrogens with one attached hydrogen (secondary N) is 1. The fourth-order valence-corrected chi connectivity index (χ4v) is 2.54. The molecule has 0 bridgehead atoms. The average Bonchev–Trinajstić information content (AvgIpc) is 2.82. The monoisotopic (exact) mass is 327 g/mol. The van der Waals surface area contributed by atoms with Gasteiger partial charge >= 0.3 is 0 Å². The lowest BCUT2D eigenvalue weighted by atomic mass is 10.2. The Hall–Kier alpha value is -0.580. The van der Waals surface area contributed by atoms with Crippen molar-refractivity contribution in [2.45, 2.75) is 44.9 Å². The van der Waals surface area contributed by atoms with E-state index in [-0.39, 0.29) is 6.10 Å².